The average Bonchev–Trinajstić information content (AvgIpc) is 0.894. The van der Waals surface area contributed by atoms with E-state index in [1.807, 2.05) is 55.5 Å². The van der Waals surface area contributed by atoms with E-state index in [9.17, 15) is 43.2 Å². The van der Waals surface area contributed by atoms with Gasteiger partial charge in [-0.05, 0) is 148 Å². The molecular weight excluding hydrogens is 1160 g/mol. The molecule has 8 rings (SSSR count). The number of ether oxygens (including phenoxy) is 1. The zero-order valence-corrected chi connectivity index (χ0v) is 52.3. The number of nitrogens with zero attached hydrogens (tertiary/aromatic N) is 4. The zero-order valence-electron chi connectivity index (χ0n) is 52.3. The van der Waals surface area contributed by atoms with Crippen LogP contribution in [0.1, 0.15) is 141 Å². The molecule has 4 bridgehead atoms. The summed E-state index contributed by atoms with van der Waals surface area (Å²) in [7, 11) is 0. The van der Waals surface area contributed by atoms with Crippen LogP contribution in [0.2, 0.25) is 0 Å². The van der Waals surface area contributed by atoms with E-state index in [-0.39, 0.29) is 101 Å². The summed E-state index contributed by atoms with van der Waals surface area (Å²) in [6, 6.07) is 4.79. The van der Waals surface area contributed by atoms with Gasteiger partial charge in [0.05, 0.1) is 13.0 Å². The lowest BCUT2D eigenvalue weighted by Crippen LogP contribution is -2.62. The first-order valence-electron chi connectivity index (χ1n) is 31.7. The third kappa shape index (κ3) is 18.8. The number of fused-ring (bicyclic) bond motifs is 1. The quantitative estimate of drug-likeness (QED) is 0.0252. The molecule has 90 heavy (non-hydrogen) atoms. The number of benzene rings is 2. The minimum atomic E-state index is -1.65. The first kappa shape index (κ1) is 69.0. The minimum Gasteiger partial charge on any atom is -0.494 e. The average molecular weight is 1250 g/mol. The number of nitrogens with one attached hydrogen (secondary N) is 6. The lowest BCUT2D eigenvalue weighted by atomic mass is 9.49. The Labute approximate surface area is 525 Å². The molecule has 27 nitrogen and oxygen atoms in total. The summed E-state index contributed by atoms with van der Waals surface area (Å²) in [5.41, 5.74) is 35.4. The van der Waals surface area contributed by atoms with Crippen LogP contribution in [-0.4, -0.2) is 155 Å². The van der Waals surface area contributed by atoms with Crippen LogP contribution in [0, 0.1) is 29.1 Å². The summed E-state index contributed by atoms with van der Waals surface area (Å²) in [6.45, 7) is 7.69. The van der Waals surface area contributed by atoms with Crippen LogP contribution in [0.3, 0.4) is 0 Å². The molecule has 0 aromatic heterocycles. The lowest BCUT2D eigenvalue weighted by Gasteiger charge is -2.56. The number of nitrogens with two attached hydrogens (primary N) is 6. The maximum Gasteiger partial charge on any atom is 0.246 e. The van der Waals surface area contributed by atoms with E-state index >= 15 is 4.79 Å². The summed E-state index contributed by atoms with van der Waals surface area (Å²) < 4.78 is 5.69. The van der Waals surface area contributed by atoms with Crippen LogP contribution in [0.4, 0.5) is 0 Å². The summed E-state index contributed by atoms with van der Waals surface area (Å²) in [5, 5.41) is 16.5. The number of primary amides is 2. The molecule has 1 saturated heterocycles. The van der Waals surface area contributed by atoms with Gasteiger partial charge in [0.2, 0.25) is 59.1 Å². The normalized spacial score (nSPS) is 22.4. The number of amides is 10. The van der Waals surface area contributed by atoms with Crippen LogP contribution in [0.25, 0.3) is 0 Å². The van der Waals surface area contributed by atoms with Gasteiger partial charge in [0, 0.05) is 45.4 Å². The number of carbonyl (C=O) groups excluding carboxylic acids is 10. The number of hydrogen-bond acceptors (Lipinski definition) is 13. The monoisotopic (exact) mass is 1250 g/mol. The second kappa shape index (κ2) is 31.8. The van der Waals surface area contributed by atoms with Gasteiger partial charge >= 0.3 is 0 Å². The van der Waals surface area contributed by atoms with Gasteiger partial charge in [-0.2, -0.15) is 0 Å². The van der Waals surface area contributed by atoms with E-state index in [1.54, 1.807) is 20.8 Å². The van der Waals surface area contributed by atoms with E-state index in [2.05, 4.69) is 41.9 Å². The molecule has 6 aliphatic rings. The van der Waals surface area contributed by atoms with Crippen molar-refractivity contribution in [3.63, 3.8) is 0 Å². The maximum absolute atomic E-state index is 15.3. The van der Waals surface area contributed by atoms with Crippen LogP contribution in [0.15, 0.2) is 58.5 Å². The van der Waals surface area contributed by atoms with Gasteiger partial charge in [0.25, 0.3) is 0 Å². The van der Waals surface area contributed by atoms with Crippen molar-refractivity contribution >= 4 is 71.0 Å². The Morgan fingerprint density at radius 2 is 1.18 bits per heavy atom. The van der Waals surface area contributed by atoms with Crippen molar-refractivity contribution in [2.45, 2.75) is 192 Å². The Bertz CT molecular complexity index is 2950. The van der Waals surface area contributed by atoms with Crippen LogP contribution >= 0.6 is 0 Å². The van der Waals surface area contributed by atoms with Crippen molar-refractivity contribution in [2.75, 3.05) is 26.2 Å². The highest BCUT2D eigenvalue weighted by Crippen LogP contribution is 2.61. The minimum absolute atomic E-state index is 0.00263. The fraction of sp³-hybridized carbons (Fsp3) is 0.619. The lowest BCUT2D eigenvalue weighted by molar-refractivity contribution is -0.146. The number of carbonyl (C=O) groups is 10. The fourth-order valence-corrected chi connectivity index (χ4v) is 14.3. The largest absolute Gasteiger partial charge is 0.494 e. The molecule has 492 valence electrons. The van der Waals surface area contributed by atoms with E-state index < -0.39 is 114 Å². The van der Waals surface area contributed by atoms with E-state index in [4.69, 9.17) is 39.1 Å². The highest BCUT2D eigenvalue weighted by molar-refractivity contribution is 5.99. The summed E-state index contributed by atoms with van der Waals surface area (Å²) in [4.78, 5) is 151. The van der Waals surface area contributed by atoms with E-state index in [0.29, 0.717) is 43.0 Å². The molecule has 8 atom stereocenters. The Morgan fingerprint density at radius 1 is 0.622 bits per heavy atom. The van der Waals surface area contributed by atoms with Crippen LogP contribution in [0.5, 0.6) is 5.75 Å². The molecule has 18 N–H and O–H groups in total. The van der Waals surface area contributed by atoms with Crippen molar-refractivity contribution in [3.05, 3.63) is 65.2 Å². The first-order chi connectivity index (χ1) is 42.9. The Balaban J connectivity index is 1.04. The second-order valence-electron chi connectivity index (χ2n) is 25.5. The van der Waals surface area contributed by atoms with Crippen molar-refractivity contribution in [1.82, 2.24) is 41.7 Å². The van der Waals surface area contributed by atoms with Gasteiger partial charge < -0.3 is 80.8 Å². The molecule has 2 aliphatic heterocycles. The SMILES string of the molecule is CCOc1ccc(C[C@@H](NC(=O)CC23CC4CC(CC(C4)C2)C3)C(=O)N2Cc3ccccc3C[C@H]2C(=O)N[C@H](C(=O)N[C@@H](CC(N)=O)C(=O)N[C@@H](CC)C(=O)N2CCC[C@H]2C(=O)N[C@@H](CCCN=C(N)N)C(=O)N[C@@H](CCCN=C(N)N)C(N)=O)C(C)C)cc1. The third-order valence-corrected chi connectivity index (χ3v) is 18.2. The Kier molecular flexibility index (Phi) is 24.4. The van der Waals surface area contributed by atoms with Crippen LogP contribution in [-0.2, 0) is 67.3 Å². The molecule has 0 spiro atoms. The van der Waals surface area contributed by atoms with Crippen molar-refractivity contribution in [2.24, 2.45) is 73.5 Å². The standard InChI is InChI=1S/C63H94N16O11/c1-5-43(59(88)78-23-11-16-48(78)56(85)75-45(15-10-22-71-62(68)69)54(83)74-44(53(65)82)14-9-21-70-61(66)67)73-55(84)46(29-50(64)80)76-58(87)52(35(3)4)77-57(86)49-28-40-12-7-8-13-41(40)34-79(49)60(89)47(27-36-17-19-42(20-18-36)90-6-2)72-51(81)33-63-30-37-24-38(31-63)26-39(25-37)32-63/h7-8,12-13,17-20,35,37-39,43-49,52H,5-6,9-11,14-16,21-34H2,1-4H3,(H2,64,80)(H2,65,82)(H,72,81)(H,73,84)(H,74,83)(H,75,85)(H,76,87)(H,77,86)(H4,66,67,70)(H4,68,69,71)/t37?,38?,39?,43-,44-,45-,46-,47+,48-,49-,52-,63?/m0/s1. The first-order valence-corrected chi connectivity index (χ1v) is 31.7. The predicted molar refractivity (Wildman–Crippen MR) is 335 cm³/mol. The molecule has 5 fully saturated rings. The van der Waals surface area contributed by atoms with E-state index in [0.717, 1.165) is 36.0 Å². The molecule has 4 aliphatic carbocycles. The molecule has 2 aromatic rings. The van der Waals surface area contributed by atoms with Gasteiger partial charge in [-0.1, -0.05) is 57.2 Å². The molecule has 10 amide bonds. The fourth-order valence-electron chi connectivity index (χ4n) is 14.3. The number of likely N-dealkylation sites (tertiary alicyclic amines) is 1. The topological polar surface area (TPSA) is 439 Å². The molecular formula is C63H94N16O11. The summed E-state index contributed by atoms with van der Waals surface area (Å²) in [5.74, 6) is -5.56. The number of rotatable bonds is 32. The highest BCUT2D eigenvalue weighted by Gasteiger charge is 2.52. The Morgan fingerprint density at radius 3 is 1.74 bits per heavy atom. The molecule has 4 saturated carbocycles. The van der Waals surface area contributed by atoms with Gasteiger partial charge in [0.15, 0.2) is 11.9 Å². The molecule has 2 aromatic carbocycles. The maximum atomic E-state index is 15.3. The summed E-state index contributed by atoms with van der Waals surface area (Å²) >= 11 is 0. The van der Waals surface area contributed by atoms with Gasteiger partial charge in [-0.3, -0.25) is 57.9 Å². The zero-order chi connectivity index (χ0) is 65.4. The van der Waals surface area contributed by atoms with E-state index in [1.165, 1.54) is 29.1 Å². The van der Waals surface area contributed by atoms with Crippen molar-refractivity contribution < 1.29 is 52.7 Å². The molecule has 0 radical (unpaired) electrons. The van der Waals surface area contributed by atoms with Crippen LogP contribution < -0.4 is 71.0 Å². The second-order valence-corrected chi connectivity index (χ2v) is 25.5. The predicted octanol–water partition coefficient (Wildman–Crippen LogP) is -0.379. The molecule has 0 unspecified atom stereocenters. The third-order valence-electron chi connectivity index (χ3n) is 18.2. The van der Waals surface area contributed by atoms with Gasteiger partial charge in [-0.25, -0.2) is 0 Å². The smallest absolute Gasteiger partial charge is 0.246 e. The van der Waals surface area contributed by atoms with Gasteiger partial charge in [-0.15, -0.1) is 0 Å². The molecule has 27 heteroatoms. The number of aliphatic imine (C=N–C) groups is 2. The molecule has 2 heterocycles. The summed E-state index contributed by atoms with van der Waals surface area (Å²) in [6.07, 6.45) is 7.61. The van der Waals surface area contributed by atoms with Gasteiger partial charge in [0.1, 0.15) is 54.1 Å². The highest BCUT2D eigenvalue weighted by atomic mass is 16.5. The van der Waals surface area contributed by atoms with Crippen molar-refractivity contribution in [1.29, 1.82) is 0 Å². The Hall–Kier alpha value is -8.52. The number of guanidine groups is 2. The van der Waals surface area contributed by atoms with Crippen molar-refractivity contribution in [3.8, 4) is 5.75 Å². The number of hydrogen-bond donors (Lipinski definition) is 12.